The largest absolute Gasteiger partial charge is 0.391 e. The van der Waals surface area contributed by atoms with Gasteiger partial charge in [0, 0.05) is 18.8 Å². The number of likely N-dealkylation sites (tertiary alicyclic amines) is 1. The van der Waals surface area contributed by atoms with Crippen LogP contribution in [-0.2, 0) is 0 Å². The summed E-state index contributed by atoms with van der Waals surface area (Å²) in [5.41, 5.74) is 0.832. The predicted octanol–water partition coefficient (Wildman–Crippen LogP) is 1.31. The summed E-state index contributed by atoms with van der Waals surface area (Å²) in [6.45, 7) is 6.48. The second-order valence-electron chi connectivity index (χ2n) is 3.47. The minimum atomic E-state index is -0.821. The number of hydrogen-bond acceptors (Lipinski definition) is 2. The highest BCUT2D eigenvalue weighted by Gasteiger charge is 2.21. The van der Waals surface area contributed by atoms with E-state index in [1.54, 1.807) is 0 Å². The second-order valence-corrected chi connectivity index (χ2v) is 3.47. The molecule has 2 unspecified atom stereocenters. The van der Waals surface area contributed by atoms with Crippen molar-refractivity contribution in [1.82, 2.24) is 4.90 Å². The molecule has 2 nitrogen and oxygen atoms in total. The quantitative estimate of drug-likeness (QED) is 0.646. The molecular formula is C9H16FNO. The summed E-state index contributed by atoms with van der Waals surface area (Å²) in [6, 6.07) is 0. The van der Waals surface area contributed by atoms with Gasteiger partial charge < -0.3 is 10.0 Å². The molecule has 3 heteroatoms. The standard InChI is InChI=1S/C9H16FNO/c1-7(2)11-5-8(10)3-4-9(12)6-11/h8-9,12H,1,3-6H2,2H3. The fourth-order valence-corrected chi connectivity index (χ4v) is 1.44. The molecule has 1 fully saturated rings. The Bertz CT molecular complexity index is 160. The summed E-state index contributed by atoms with van der Waals surface area (Å²) in [7, 11) is 0. The molecule has 0 bridgehead atoms. The van der Waals surface area contributed by atoms with Crippen molar-refractivity contribution in [1.29, 1.82) is 0 Å². The number of halogens is 1. The van der Waals surface area contributed by atoms with Gasteiger partial charge in [-0.25, -0.2) is 4.39 Å². The number of allylic oxidation sites excluding steroid dienone is 1. The van der Waals surface area contributed by atoms with Crippen LogP contribution in [-0.4, -0.2) is 35.4 Å². The van der Waals surface area contributed by atoms with E-state index in [4.69, 9.17) is 0 Å². The van der Waals surface area contributed by atoms with Crippen LogP contribution in [0.1, 0.15) is 19.8 Å². The van der Waals surface area contributed by atoms with Crippen molar-refractivity contribution in [3.05, 3.63) is 12.3 Å². The Labute approximate surface area is 72.7 Å². The highest BCUT2D eigenvalue weighted by Crippen LogP contribution is 2.16. The summed E-state index contributed by atoms with van der Waals surface area (Å²) in [4.78, 5) is 1.81. The minimum absolute atomic E-state index is 0.381. The van der Waals surface area contributed by atoms with E-state index in [0.29, 0.717) is 25.9 Å². The summed E-state index contributed by atoms with van der Waals surface area (Å²) in [6.07, 6.45) is -0.197. The first-order chi connectivity index (χ1) is 5.59. The van der Waals surface area contributed by atoms with Crippen molar-refractivity contribution in [3.63, 3.8) is 0 Å². The lowest BCUT2D eigenvalue weighted by atomic mass is 10.2. The molecule has 0 aliphatic carbocycles. The molecule has 12 heavy (non-hydrogen) atoms. The van der Waals surface area contributed by atoms with E-state index in [9.17, 15) is 9.50 Å². The highest BCUT2D eigenvalue weighted by molar-refractivity contribution is 4.92. The first-order valence-corrected chi connectivity index (χ1v) is 4.32. The van der Waals surface area contributed by atoms with E-state index in [0.717, 1.165) is 5.70 Å². The van der Waals surface area contributed by atoms with Gasteiger partial charge in [-0.2, -0.15) is 0 Å². The van der Waals surface area contributed by atoms with E-state index >= 15 is 0 Å². The molecule has 70 valence electrons. The highest BCUT2D eigenvalue weighted by atomic mass is 19.1. The Morgan fingerprint density at radius 3 is 2.75 bits per heavy atom. The SMILES string of the molecule is C=C(C)N1CC(O)CCC(F)C1. The fraction of sp³-hybridized carbons (Fsp3) is 0.778. The molecule has 0 radical (unpaired) electrons. The number of nitrogens with zero attached hydrogens (tertiary/aromatic N) is 1. The van der Waals surface area contributed by atoms with Gasteiger partial charge in [0.25, 0.3) is 0 Å². The lowest BCUT2D eigenvalue weighted by Gasteiger charge is -2.24. The number of alkyl halides is 1. The van der Waals surface area contributed by atoms with Crippen LogP contribution in [0.25, 0.3) is 0 Å². The van der Waals surface area contributed by atoms with E-state index < -0.39 is 12.3 Å². The van der Waals surface area contributed by atoms with Crippen LogP contribution in [0.4, 0.5) is 4.39 Å². The Morgan fingerprint density at radius 1 is 1.50 bits per heavy atom. The van der Waals surface area contributed by atoms with Crippen LogP contribution in [0.2, 0.25) is 0 Å². The van der Waals surface area contributed by atoms with Crippen molar-refractivity contribution < 1.29 is 9.50 Å². The van der Waals surface area contributed by atoms with Gasteiger partial charge in [0.2, 0.25) is 0 Å². The molecule has 0 aromatic heterocycles. The number of aliphatic hydroxyl groups excluding tert-OH is 1. The third-order valence-corrected chi connectivity index (χ3v) is 2.20. The Kier molecular flexibility index (Phi) is 3.09. The summed E-state index contributed by atoms with van der Waals surface area (Å²) >= 11 is 0. The summed E-state index contributed by atoms with van der Waals surface area (Å²) < 4.78 is 13.0. The van der Waals surface area contributed by atoms with Gasteiger partial charge in [-0.3, -0.25) is 0 Å². The summed E-state index contributed by atoms with van der Waals surface area (Å²) in [5.74, 6) is 0. The lowest BCUT2D eigenvalue weighted by Crippen LogP contribution is -2.31. The van der Waals surface area contributed by atoms with E-state index in [-0.39, 0.29) is 0 Å². The Morgan fingerprint density at radius 2 is 2.17 bits per heavy atom. The minimum Gasteiger partial charge on any atom is -0.391 e. The number of hydrogen-bond donors (Lipinski definition) is 1. The molecule has 1 N–H and O–H groups in total. The fourth-order valence-electron chi connectivity index (χ4n) is 1.44. The Hall–Kier alpha value is -0.570. The molecule has 0 saturated carbocycles. The molecule has 2 atom stereocenters. The third-order valence-electron chi connectivity index (χ3n) is 2.20. The van der Waals surface area contributed by atoms with Gasteiger partial charge in [-0.05, 0) is 19.8 Å². The normalized spacial score (nSPS) is 31.4. The van der Waals surface area contributed by atoms with Gasteiger partial charge in [0.05, 0.1) is 6.10 Å². The van der Waals surface area contributed by atoms with E-state index in [2.05, 4.69) is 6.58 Å². The molecule has 1 rings (SSSR count). The first kappa shape index (κ1) is 9.52. The molecule has 0 amide bonds. The van der Waals surface area contributed by atoms with Gasteiger partial charge in [0.1, 0.15) is 6.17 Å². The molecular weight excluding hydrogens is 157 g/mol. The summed E-state index contributed by atoms with van der Waals surface area (Å²) in [5, 5.41) is 9.38. The van der Waals surface area contributed by atoms with Crippen molar-refractivity contribution in [2.24, 2.45) is 0 Å². The van der Waals surface area contributed by atoms with Crippen molar-refractivity contribution in [2.45, 2.75) is 32.0 Å². The zero-order valence-electron chi connectivity index (χ0n) is 7.46. The molecule has 0 spiro atoms. The van der Waals surface area contributed by atoms with Crippen molar-refractivity contribution >= 4 is 0 Å². The molecule has 1 heterocycles. The van der Waals surface area contributed by atoms with E-state index in [1.807, 2.05) is 11.8 Å². The predicted molar refractivity (Wildman–Crippen MR) is 46.5 cm³/mol. The third kappa shape index (κ3) is 2.48. The van der Waals surface area contributed by atoms with E-state index in [1.165, 1.54) is 0 Å². The molecule has 1 aliphatic heterocycles. The molecule has 0 aromatic carbocycles. The topological polar surface area (TPSA) is 23.5 Å². The van der Waals surface area contributed by atoms with Gasteiger partial charge >= 0.3 is 0 Å². The van der Waals surface area contributed by atoms with Crippen LogP contribution in [0.15, 0.2) is 12.3 Å². The van der Waals surface area contributed by atoms with Crippen LogP contribution in [0, 0.1) is 0 Å². The van der Waals surface area contributed by atoms with Crippen LogP contribution in [0.3, 0.4) is 0 Å². The number of β-amino-alcohol motifs (C(OH)–C–C–N with tert-alkyl or cyclic N) is 1. The molecule has 1 saturated heterocycles. The number of rotatable bonds is 1. The first-order valence-electron chi connectivity index (χ1n) is 4.32. The average molecular weight is 173 g/mol. The smallest absolute Gasteiger partial charge is 0.118 e. The van der Waals surface area contributed by atoms with Gasteiger partial charge in [-0.1, -0.05) is 6.58 Å². The zero-order valence-corrected chi connectivity index (χ0v) is 7.46. The zero-order chi connectivity index (χ0) is 9.14. The monoisotopic (exact) mass is 173 g/mol. The molecule has 0 aromatic rings. The van der Waals surface area contributed by atoms with Crippen LogP contribution < -0.4 is 0 Å². The average Bonchev–Trinajstić information content (AvgIpc) is 2.13. The lowest BCUT2D eigenvalue weighted by molar-refractivity contribution is 0.135. The van der Waals surface area contributed by atoms with Crippen molar-refractivity contribution in [2.75, 3.05) is 13.1 Å². The Balaban J connectivity index is 2.55. The maximum Gasteiger partial charge on any atom is 0.118 e. The van der Waals surface area contributed by atoms with Crippen LogP contribution in [0.5, 0.6) is 0 Å². The second kappa shape index (κ2) is 3.90. The maximum absolute atomic E-state index is 13.0. The van der Waals surface area contributed by atoms with Gasteiger partial charge in [-0.15, -0.1) is 0 Å². The molecule has 1 aliphatic rings. The maximum atomic E-state index is 13.0. The van der Waals surface area contributed by atoms with Crippen LogP contribution >= 0.6 is 0 Å². The van der Waals surface area contributed by atoms with Gasteiger partial charge in [0.15, 0.2) is 0 Å². The van der Waals surface area contributed by atoms with Crippen molar-refractivity contribution in [3.8, 4) is 0 Å². The number of aliphatic hydroxyl groups is 1.